The van der Waals surface area contributed by atoms with E-state index in [2.05, 4.69) is 4.72 Å². The second kappa shape index (κ2) is 7.88. The maximum absolute atomic E-state index is 13.5. The van der Waals surface area contributed by atoms with Gasteiger partial charge in [-0.1, -0.05) is 11.6 Å². The first kappa shape index (κ1) is 21.7. The highest BCUT2D eigenvalue weighted by atomic mass is 35.5. The molecule has 8 heteroatoms. The number of furan rings is 1. The van der Waals surface area contributed by atoms with Crippen molar-refractivity contribution in [3.8, 4) is 0 Å². The maximum Gasteiger partial charge on any atom is 0.289 e. The van der Waals surface area contributed by atoms with Crippen molar-refractivity contribution in [1.82, 2.24) is 4.90 Å². The summed E-state index contributed by atoms with van der Waals surface area (Å²) in [6.07, 6.45) is 1.93. The summed E-state index contributed by atoms with van der Waals surface area (Å²) in [6, 6.07) is 6.85. The van der Waals surface area contributed by atoms with Gasteiger partial charge in [-0.15, -0.1) is 0 Å². The van der Waals surface area contributed by atoms with E-state index < -0.39 is 10.0 Å². The summed E-state index contributed by atoms with van der Waals surface area (Å²) in [4.78, 5) is 14.8. The Bertz CT molecular complexity index is 1310. The lowest BCUT2D eigenvalue weighted by molar-refractivity contribution is 0.0762. The summed E-state index contributed by atoms with van der Waals surface area (Å²) in [5, 5.41) is 1.17. The van der Waals surface area contributed by atoms with Gasteiger partial charge in [0.2, 0.25) is 0 Å². The first-order chi connectivity index (χ1) is 14.6. The van der Waals surface area contributed by atoms with E-state index in [0.29, 0.717) is 45.9 Å². The number of likely N-dealkylation sites (tertiary alicyclic amines) is 1. The second-order valence-electron chi connectivity index (χ2n) is 8.14. The summed E-state index contributed by atoms with van der Waals surface area (Å²) in [6.45, 7) is 8.57. The zero-order valence-corrected chi connectivity index (χ0v) is 19.6. The van der Waals surface area contributed by atoms with Crippen LogP contribution in [-0.4, -0.2) is 32.3 Å². The number of nitrogens with zero attached hydrogens (tertiary/aromatic N) is 1. The largest absolute Gasteiger partial charge is 0.449 e. The molecule has 1 amide bonds. The monoisotopic (exact) mass is 460 g/mol. The van der Waals surface area contributed by atoms with E-state index in [1.165, 1.54) is 0 Å². The van der Waals surface area contributed by atoms with Crippen LogP contribution in [0.2, 0.25) is 5.02 Å². The molecule has 6 nitrogen and oxygen atoms in total. The second-order valence-corrected chi connectivity index (χ2v) is 10.2. The van der Waals surface area contributed by atoms with Crippen molar-refractivity contribution in [2.75, 3.05) is 17.8 Å². The van der Waals surface area contributed by atoms with Gasteiger partial charge >= 0.3 is 0 Å². The number of hydrogen-bond donors (Lipinski definition) is 1. The number of nitrogens with one attached hydrogen (secondary N) is 1. The molecule has 0 spiro atoms. The number of carbonyl (C=O) groups excluding carboxylic acids is 1. The van der Waals surface area contributed by atoms with Crippen LogP contribution in [0.4, 0.5) is 5.69 Å². The van der Waals surface area contributed by atoms with E-state index in [9.17, 15) is 13.2 Å². The number of benzene rings is 2. The molecule has 0 saturated carbocycles. The average molecular weight is 461 g/mol. The third kappa shape index (κ3) is 3.81. The number of fused-ring (bicyclic) bond motifs is 1. The van der Waals surface area contributed by atoms with Crippen molar-refractivity contribution >= 4 is 44.2 Å². The first-order valence-corrected chi connectivity index (χ1v) is 12.1. The average Bonchev–Trinajstić information content (AvgIpc) is 3.33. The van der Waals surface area contributed by atoms with Gasteiger partial charge in [-0.25, -0.2) is 8.42 Å². The maximum atomic E-state index is 13.5. The van der Waals surface area contributed by atoms with E-state index in [4.69, 9.17) is 16.0 Å². The third-order valence-electron chi connectivity index (χ3n) is 5.98. The van der Waals surface area contributed by atoms with E-state index in [1.807, 2.05) is 13.0 Å². The van der Waals surface area contributed by atoms with E-state index in [0.717, 1.165) is 18.4 Å². The lowest BCUT2D eigenvalue weighted by Crippen LogP contribution is -2.27. The van der Waals surface area contributed by atoms with Crippen LogP contribution in [0.25, 0.3) is 11.0 Å². The number of rotatable bonds is 4. The van der Waals surface area contributed by atoms with Crippen LogP contribution in [-0.2, 0) is 10.0 Å². The quantitative estimate of drug-likeness (QED) is 0.568. The summed E-state index contributed by atoms with van der Waals surface area (Å²) >= 11 is 6.00. The Balaban J connectivity index is 1.87. The van der Waals surface area contributed by atoms with Gasteiger partial charge in [-0.2, -0.15) is 0 Å². The molecule has 0 aliphatic carbocycles. The molecule has 164 valence electrons. The van der Waals surface area contributed by atoms with Crippen molar-refractivity contribution < 1.29 is 17.6 Å². The first-order valence-electron chi connectivity index (χ1n) is 10.2. The number of aryl methyl sites for hydroxylation is 3. The molecule has 1 aromatic heterocycles. The molecule has 1 saturated heterocycles. The van der Waals surface area contributed by atoms with Crippen LogP contribution in [0, 0.1) is 27.7 Å². The van der Waals surface area contributed by atoms with Crippen molar-refractivity contribution in [3.63, 3.8) is 0 Å². The van der Waals surface area contributed by atoms with Gasteiger partial charge in [0.1, 0.15) is 4.90 Å². The molecule has 2 aromatic carbocycles. The summed E-state index contributed by atoms with van der Waals surface area (Å²) in [5.41, 5.74) is 3.41. The topological polar surface area (TPSA) is 79.6 Å². The van der Waals surface area contributed by atoms with Gasteiger partial charge in [0.25, 0.3) is 15.9 Å². The molecule has 3 aromatic rings. The normalized spacial score (nSPS) is 14.4. The van der Waals surface area contributed by atoms with Crippen LogP contribution in [0.1, 0.15) is 45.7 Å². The molecule has 0 radical (unpaired) electrons. The smallest absolute Gasteiger partial charge is 0.289 e. The Morgan fingerprint density at radius 2 is 1.71 bits per heavy atom. The Morgan fingerprint density at radius 1 is 1.03 bits per heavy atom. The highest BCUT2D eigenvalue weighted by Gasteiger charge is 2.30. The fourth-order valence-electron chi connectivity index (χ4n) is 4.07. The molecule has 1 N–H and O–H groups in total. The van der Waals surface area contributed by atoms with Crippen LogP contribution >= 0.6 is 11.6 Å². The van der Waals surface area contributed by atoms with Crippen LogP contribution < -0.4 is 4.72 Å². The lowest BCUT2D eigenvalue weighted by Gasteiger charge is -2.14. The number of anilines is 1. The number of hydrogen-bond acceptors (Lipinski definition) is 4. The van der Waals surface area contributed by atoms with E-state index in [1.54, 1.807) is 43.9 Å². The molecule has 0 atom stereocenters. The minimum absolute atomic E-state index is 0.0559. The van der Waals surface area contributed by atoms with Crippen molar-refractivity contribution in [1.29, 1.82) is 0 Å². The number of carbonyl (C=O) groups is 1. The molecule has 1 fully saturated rings. The van der Waals surface area contributed by atoms with E-state index >= 15 is 0 Å². The number of sulfonamides is 1. The molecule has 1 aliphatic heterocycles. The molecule has 0 bridgehead atoms. The van der Waals surface area contributed by atoms with E-state index in [-0.39, 0.29) is 22.1 Å². The fraction of sp³-hybridized carbons (Fsp3) is 0.348. The Hall–Kier alpha value is -2.51. The predicted molar refractivity (Wildman–Crippen MR) is 123 cm³/mol. The van der Waals surface area contributed by atoms with Gasteiger partial charge in [0, 0.05) is 29.1 Å². The van der Waals surface area contributed by atoms with Crippen LogP contribution in [0.5, 0.6) is 0 Å². The highest BCUT2D eigenvalue weighted by molar-refractivity contribution is 7.93. The minimum Gasteiger partial charge on any atom is -0.449 e. The third-order valence-corrected chi connectivity index (χ3v) is 7.73. The molecular weight excluding hydrogens is 436 g/mol. The van der Waals surface area contributed by atoms with Gasteiger partial charge in [-0.05, 0) is 81.5 Å². The highest BCUT2D eigenvalue weighted by Crippen LogP contribution is 2.36. The SMILES string of the molecule is Cc1cc(Cl)ccc1NS(=O)(=O)c1c(C)c(C)cc2c(C)c(C(=O)N3CCCC3)oc12. The fourth-order valence-corrected chi connectivity index (χ4v) is 5.88. The van der Waals surface area contributed by atoms with Crippen molar-refractivity contribution in [2.45, 2.75) is 45.4 Å². The zero-order valence-electron chi connectivity index (χ0n) is 18.0. The number of halogens is 1. The summed E-state index contributed by atoms with van der Waals surface area (Å²) in [7, 11) is -3.99. The summed E-state index contributed by atoms with van der Waals surface area (Å²) < 4.78 is 35.6. The van der Waals surface area contributed by atoms with Gasteiger partial charge in [0.15, 0.2) is 11.3 Å². The Kier molecular flexibility index (Phi) is 5.52. The van der Waals surface area contributed by atoms with Crippen LogP contribution in [0.3, 0.4) is 0 Å². The van der Waals surface area contributed by atoms with Crippen molar-refractivity contribution in [2.24, 2.45) is 0 Å². The molecule has 1 aliphatic rings. The molecule has 2 heterocycles. The molecule has 0 unspecified atom stereocenters. The van der Waals surface area contributed by atoms with Gasteiger partial charge < -0.3 is 9.32 Å². The van der Waals surface area contributed by atoms with Crippen LogP contribution in [0.15, 0.2) is 33.6 Å². The Labute approximate surface area is 187 Å². The predicted octanol–water partition coefficient (Wildman–Crippen LogP) is 5.36. The molecular formula is C23H25ClN2O4S. The van der Waals surface area contributed by atoms with Gasteiger partial charge in [0.05, 0.1) is 5.69 Å². The standard InChI is InChI=1S/C23H25ClN2O4S/c1-13-12-18-16(4)20(23(27)26-9-5-6-10-26)30-21(18)22(15(13)3)31(28,29)25-19-8-7-17(24)11-14(19)2/h7-8,11-12,25H,5-6,9-10H2,1-4H3. The zero-order chi connectivity index (χ0) is 22.5. The number of amides is 1. The summed E-state index contributed by atoms with van der Waals surface area (Å²) in [5.74, 6) is 0.0207. The molecule has 4 rings (SSSR count). The Morgan fingerprint density at radius 3 is 2.35 bits per heavy atom. The minimum atomic E-state index is -3.99. The van der Waals surface area contributed by atoms with Gasteiger partial charge in [-0.3, -0.25) is 9.52 Å². The lowest BCUT2D eigenvalue weighted by atomic mass is 10.0. The van der Waals surface area contributed by atoms with Crippen molar-refractivity contribution in [3.05, 3.63) is 57.3 Å². The molecule has 31 heavy (non-hydrogen) atoms.